The van der Waals surface area contributed by atoms with Gasteiger partial charge in [-0.25, -0.2) is 0 Å². The number of hydrogen-bond donors (Lipinski definition) is 3. The second-order valence-corrected chi connectivity index (χ2v) is 4.88. The van der Waals surface area contributed by atoms with Gasteiger partial charge in [-0.05, 0) is 30.3 Å². The van der Waals surface area contributed by atoms with E-state index in [9.17, 15) is 14.7 Å². The van der Waals surface area contributed by atoms with Gasteiger partial charge in [0, 0.05) is 29.8 Å². The molecule has 3 N–H and O–H groups in total. The van der Waals surface area contributed by atoms with Gasteiger partial charge >= 0.3 is 5.97 Å². The summed E-state index contributed by atoms with van der Waals surface area (Å²) >= 11 is 0. The van der Waals surface area contributed by atoms with E-state index in [1.54, 1.807) is 36.4 Å². The van der Waals surface area contributed by atoms with E-state index in [0.29, 0.717) is 12.1 Å². The van der Waals surface area contributed by atoms with Crippen molar-refractivity contribution in [2.24, 2.45) is 0 Å². The van der Waals surface area contributed by atoms with E-state index in [1.807, 2.05) is 12.1 Å². The van der Waals surface area contributed by atoms with Crippen LogP contribution in [0.2, 0.25) is 0 Å². The van der Waals surface area contributed by atoms with E-state index in [2.05, 4.69) is 5.32 Å². The summed E-state index contributed by atoms with van der Waals surface area (Å²) in [6.07, 6.45) is -0.161. The first kappa shape index (κ1) is 15.6. The highest BCUT2D eigenvalue weighted by atomic mass is 16.4. The third kappa shape index (κ3) is 4.34. The number of hydrogen-bond acceptors (Lipinski definition) is 4. The molecule has 0 spiro atoms. The quantitative estimate of drug-likeness (QED) is 0.684. The summed E-state index contributed by atoms with van der Waals surface area (Å²) in [4.78, 5) is 22.2. The van der Waals surface area contributed by atoms with Crippen LogP contribution in [0.1, 0.15) is 28.8 Å². The topological polar surface area (TPSA) is 86.6 Å². The number of phenolic OH excluding ortho intramolecular Hbond substituents is 1. The number of benzene rings is 2. The number of phenols is 1. The van der Waals surface area contributed by atoms with Crippen molar-refractivity contribution in [1.82, 2.24) is 0 Å². The van der Waals surface area contributed by atoms with Crippen molar-refractivity contribution in [2.45, 2.75) is 19.4 Å². The normalized spacial score (nSPS) is 10.2. The van der Waals surface area contributed by atoms with Crippen molar-refractivity contribution >= 4 is 17.4 Å². The van der Waals surface area contributed by atoms with Crippen molar-refractivity contribution < 1.29 is 19.8 Å². The fourth-order valence-corrected chi connectivity index (χ4v) is 2.00. The molecule has 0 unspecified atom stereocenters. The van der Waals surface area contributed by atoms with Crippen LogP contribution in [-0.2, 0) is 11.3 Å². The van der Waals surface area contributed by atoms with Gasteiger partial charge in [0.2, 0.25) is 0 Å². The highest BCUT2D eigenvalue weighted by molar-refractivity contribution is 5.97. The number of carboxylic acids is 1. The number of aromatic hydroxyl groups is 1. The minimum atomic E-state index is -0.977. The molecule has 0 saturated heterocycles. The minimum Gasteiger partial charge on any atom is -0.508 e. The average molecular weight is 299 g/mol. The summed E-state index contributed by atoms with van der Waals surface area (Å²) in [5.41, 5.74) is 2.09. The molecule has 0 bridgehead atoms. The van der Waals surface area contributed by atoms with Crippen LogP contribution in [0.5, 0.6) is 5.75 Å². The first-order valence-corrected chi connectivity index (χ1v) is 6.92. The smallest absolute Gasteiger partial charge is 0.303 e. The monoisotopic (exact) mass is 299 g/mol. The van der Waals surface area contributed by atoms with Crippen LogP contribution < -0.4 is 5.32 Å². The van der Waals surface area contributed by atoms with Crippen LogP contribution >= 0.6 is 0 Å². The van der Waals surface area contributed by atoms with Crippen molar-refractivity contribution in [3.05, 3.63) is 59.7 Å². The summed E-state index contributed by atoms with van der Waals surface area (Å²) in [5, 5.41) is 21.4. The molecule has 0 amide bonds. The summed E-state index contributed by atoms with van der Waals surface area (Å²) in [5.74, 6) is -0.931. The largest absolute Gasteiger partial charge is 0.508 e. The number of para-hydroxylation sites is 1. The first-order valence-electron chi connectivity index (χ1n) is 6.92. The van der Waals surface area contributed by atoms with Gasteiger partial charge in [0.25, 0.3) is 0 Å². The number of ketones is 1. The zero-order chi connectivity index (χ0) is 15.9. The van der Waals surface area contributed by atoms with Crippen LogP contribution in [0.15, 0.2) is 48.5 Å². The summed E-state index contributed by atoms with van der Waals surface area (Å²) in [6, 6.07) is 13.9. The second kappa shape index (κ2) is 7.26. The predicted octanol–water partition coefficient (Wildman–Crippen LogP) is 3.05. The molecule has 0 aromatic heterocycles. The highest BCUT2D eigenvalue weighted by Gasteiger charge is 2.08. The number of nitrogens with one attached hydrogen (secondary N) is 1. The van der Waals surface area contributed by atoms with Gasteiger partial charge in [0.05, 0.1) is 6.42 Å². The number of rotatable bonds is 7. The van der Waals surface area contributed by atoms with Crippen molar-refractivity contribution in [1.29, 1.82) is 0 Å². The number of anilines is 1. The molecule has 0 aliphatic rings. The Morgan fingerprint density at radius 1 is 0.955 bits per heavy atom. The van der Waals surface area contributed by atoms with Crippen LogP contribution in [-0.4, -0.2) is 22.0 Å². The highest BCUT2D eigenvalue weighted by Crippen LogP contribution is 2.18. The first-order chi connectivity index (χ1) is 10.6. The molecule has 0 atom stereocenters. The van der Waals surface area contributed by atoms with Crippen LogP contribution in [0.4, 0.5) is 5.69 Å². The van der Waals surface area contributed by atoms with Gasteiger partial charge in [-0.2, -0.15) is 0 Å². The summed E-state index contributed by atoms with van der Waals surface area (Å²) in [7, 11) is 0. The molecule has 0 radical (unpaired) electrons. The lowest BCUT2D eigenvalue weighted by Crippen LogP contribution is -2.04. The lowest BCUT2D eigenvalue weighted by Gasteiger charge is -2.08. The minimum absolute atomic E-state index is 0.00000366. The molecular weight excluding hydrogens is 282 g/mol. The number of carbonyl (C=O) groups is 2. The third-order valence-electron chi connectivity index (χ3n) is 3.25. The maximum absolute atomic E-state index is 11.8. The van der Waals surface area contributed by atoms with Gasteiger partial charge < -0.3 is 15.5 Å². The fraction of sp³-hybridized carbons (Fsp3) is 0.176. The molecule has 0 aliphatic carbocycles. The molecule has 5 nitrogen and oxygen atoms in total. The third-order valence-corrected chi connectivity index (χ3v) is 3.25. The average Bonchev–Trinajstić information content (AvgIpc) is 2.52. The van der Waals surface area contributed by atoms with E-state index >= 15 is 0 Å². The molecule has 0 fully saturated rings. The molecule has 0 aliphatic heterocycles. The Bertz CT molecular complexity index is 665. The van der Waals surface area contributed by atoms with Crippen LogP contribution in [0.3, 0.4) is 0 Å². The number of aliphatic carboxylic acids is 1. The maximum Gasteiger partial charge on any atom is 0.303 e. The van der Waals surface area contributed by atoms with E-state index in [-0.39, 0.29) is 24.4 Å². The standard InChI is InChI=1S/C17H17NO4/c19-15-4-2-1-3-13(15)11-18-14-7-5-12(6-8-14)16(20)9-10-17(21)22/h1-8,18-19H,9-11H2,(H,21,22). The SMILES string of the molecule is O=C(O)CCC(=O)c1ccc(NCc2ccccc2O)cc1. The van der Waals surface area contributed by atoms with Gasteiger partial charge in [-0.1, -0.05) is 18.2 Å². The maximum atomic E-state index is 11.8. The number of Topliss-reactive ketones (excluding diaryl/α,β-unsaturated/α-hetero) is 1. The Morgan fingerprint density at radius 2 is 1.64 bits per heavy atom. The number of carbonyl (C=O) groups excluding carboxylic acids is 1. The fourth-order valence-electron chi connectivity index (χ4n) is 2.00. The zero-order valence-corrected chi connectivity index (χ0v) is 12.0. The Labute approximate surface area is 128 Å². The Hall–Kier alpha value is -2.82. The van der Waals surface area contributed by atoms with Crippen LogP contribution in [0, 0.1) is 0 Å². The Kier molecular flexibility index (Phi) is 5.14. The molecule has 5 heteroatoms. The van der Waals surface area contributed by atoms with Crippen molar-refractivity contribution in [2.75, 3.05) is 5.32 Å². The molecular formula is C17H17NO4. The summed E-state index contributed by atoms with van der Waals surface area (Å²) < 4.78 is 0. The van der Waals surface area contributed by atoms with E-state index in [0.717, 1.165) is 11.3 Å². The molecule has 2 aromatic rings. The molecule has 2 rings (SSSR count). The Morgan fingerprint density at radius 3 is 2.27 bits per heavy atom. The number of carboxylic acid groups (broad SMARTS) is 1. The molecule has 0 saturated carbocycles. The second-order valence-electron chi connectivity index (χ2n) is 4.88. The van der Waals surface area contributed by atoms with Crippen molar-refractivity contribution in [3.8, 4) is 5.75 Å². The van der Waals surface area contributed by atoms with Gasteiger partial charge in [0.1, 0.15) is 5.75 Å². The van der Waals surface area contributed by atoms with Gasteiger partial charge in [-0.15, -0.1) is 0 Å². The van der Waals surface area contributed by atoms with Crippen molar-refractivity contribution in [3.63, 3.8) is 0 Å². The van der Waals surface area contributed by atoms with Crippen LogP contribution in [0.25, 0.3) is 0 Å². The van der Waals surface area contributed by atoms with Gasteiger partial charge in [-0.3, -0.25) is 9.59 Å². The molecule has 22 heavy (non-hydrogen) atoms. The predicted molar refractivity (Wildman–Crippen MR) is 83.1 cm³/mol. The van der Waals surface area contributed by atoms with E-state index < -0.39 is 5.97 Å². The Balaban J connectivity index is 1.93. The molecule has 0 heterocycles. The van der Waals surface area contributed by atoms with E-state index in [1.165, 1.54) is 0 Å². The lowest BCUT2D eigenvalue weighted by molar-refractivity contribution is -0.136. The summed E-state index contributed by atoms with van der Waals surface area (Å²) in [6.45, 7) is 0.471. The van der Waals surface area contributed by atoms with Gasteiger partial charge in [0.15, 0.2) is 5.78 Å². The van der Waals surface area contributed by atoms with E-state index in [4.69, 9.17) is 5.11 Å². The zero-order valence-electron chi connectivity index (χ0n) is 12.0. The molecule has 2 aromatic carbocycles. The lowest BCUT2D eigenvalue weighted by atomic mass is 10.1. The molecule has 114 valence electrons.